The van der Waals surface area contributed by atoms with Crippen molar-refractivity contribution in [2.24, 2.45) is 5.41 Å². The van der Waals surface area contributed by atoms with Gasteiger partial charge in [-0.25, -0.2) is 17.5 Å². The summed E-state index contributed by atoms with van der Waals surface area (Å²) in [5.41, 5.74) is 1.61. The van der Waals surface area contributed by atoms with Gasteiger partial charge in [0.1, 0.15) is 0 Å². The lowest BCUT2D eigenvalue weighted by atomic mass is 9.81. The highest BCUT2D eigenvalue weighted by Gasteiger charge is 2.50. The number of sulfonamides is 1. The fraction of sp³-hybridized carbons (Fsp3) is 0.688. The van der Waals surface area contributed by atoms with E-state index in [9.17, 15) is 21.6 Å². The number of nitrogens with zero attached hydrogens (tertiary/aromatic N) is 2. The summed E-state index contributed by atoms with van der Waals surface area (Å²) in [7, 11) is -2.99. The van der Waals surface area contributed by atoms with Crippen LogP contribution in [0.3, 0.4) is 0 Å². The first-order valence-corrected chi connectivity index (χ1v) is 11.0. The molecule has 1 spiro atoms. The maximum atomic E-state index is 12.0. The van der Waals surface area contributed by atoms with E-state index in [1.165, 1.54) is 5.56 Å². The summed E-state index contributed by atoms with van der Waals surface area (Å²) in [5.74, 6) is -2.46. The fourth-order valence-electron chi connectivity index (χ4n) is 3.35. The van der Waals surface area contributed by atoms with Gasteiger partial charge >= 0.3 is 12.1 Å². The number of carboxylic acids is 1. The van der Waals surface area contributed by atoms with Crippen LogP contribution in [-0.2, 0) is 21.4 Å². The van der Waals surface area contributed by atoms with Crippen LogP contribution in [0.25, 0.3) is 0 Å². The summed E-state index contributed by atoms with van der Waals surface area (Å²) in [6.07, 6.45) is -3.24. The number of halogens is 3. The van der Waals surface area contributed by atoms with Crippen LogP contribution in [0, 0.1) is 5.41 Å². The Hall–Kier alpha value is -1.17. The summed E-state index contributed by atoms with van der Waals surface area (Å²) in [5, 5.41) is 11.4. The first kappa shape index (κ1) is 22.1. The summed E-state index contributed by atoms with van der Waals surface area (Å²) < 4.78 is 57.4. The molecule has 0 bridgehead atoms. The second kappa shape index (κ2) is 8.46. The van der Waals surface area contributed by atoms with E-state index >= 15 is 0 Å². The molecule has 1 aromatic heterocycles. The smallest absolute Gasteiger partial charge is 0.475 e. The van der Waals surface area contributed by atoms with E-state index in [1.54, 1.807) is 15.6 Å². The normalized spacial score (nSPS) is 20.1. The van der Waals surface area contributed by atoms with E-state index in [2.05, 4.69) is 21.7 Å². The maximum absolute atomic E-state index is 12.0. The van der Waals surface area contributed by atoms with Crippen LogP contribution in [0.1, 0.15) is 25.3 Å². The number of hydrogen-bond donors (Lipinski definition) is 1. The predicted molar refractivity (Wildman–Crippen MR) is 96.0 cm³/mol. The standard InChI is InChI=1S/C14H22N2O2S2.C2HF3O2/c1-2-7-20(17,18)16-11-14(12-16)4-5-15(10-14)8-13-3-6-19-9-13;3-2(4,5)1(6)7/h3,6,9H,2,4-5,7-8,10-12H2,1H3;(H,6,7). The van der Waals surface area contributed by atoms with Crippen LogP contribution in [0.2, 0.25) is 0 Å². The van der Waals surface area contributed by atoms with Crippen LogP contribution >= 0.6 is 11.3 Å². The quantitative estimate of drug-likeness (QED) is 0.780. The summed E-state index contributed by atoms with van der Waals surface area (Å²) in [6, 6.07) is 2.18. The largest absolute Gasteiger partial charge is 0.490 e. The van der Waals surface area contributed by atoms with E-state index in [-0.39, 0.29) is 5.41 Å². The van der Waals surface area contributed by atoms with Crippen LogP contribution in [0.5, 0.6) is 0 Å². The zero-order chi connectivity index (χ0) is 20.3. The van der Waals surface area contributed by atoms with Crippen molar-refractivity contribution < 1.29 is 31.5 Å². The molecule has 0 aliphatic carbocycles. The first-order valence-electron chi connectivity index (χ1n) is 8.49. The van der Waals surface area contributed by atoms with E-state index in [0.29, 0.717) is 12.2 Å². The Bertz CT molecular complexity index is 729. The van der Waals surface area contributed by atoms with Gasteiger partial charge in [-0.1, -0.05) is 6.92 Å². The number of aliphatic carboxylic acids is 1. The monoisotopic (exact) mass is 428 g/mol. The lowest BCUT2D eigenvalue weighted by Crippen LogP contribution is -2.59. The number of likely N-dealkylation sites (tertiary alicyclic amines) is 1. The van der Waals surface area contributed by atoms with E-state index < -0.39 is 22.2 Å². The molecule has 0 radical (unpaired) electrons. The fourth-order valence-corrected chi connectivity index (χ4v) is 5.72. The van der Waals surface area contributed by atoms with Crippen LogP contribution in [-0.4, -0.2) is 66.8 Å². The maximum Gasteiger partial charge on any atom is 0.490 e. The first-order chi connectivity index (χ1) is 12.5. The van der Waals surface area contributed by atoms with Crippen LogP contribution in [0.4, 0.5) is 13.2 Å². The van der Waals surface area contributed by atoms with Crippen molar-refractivity contribution >= 4 is 27.3 Å². The highest BCUT2D eigenvalue weighted by molar-refractivity contribution is 7.89. The molecule has 11 heteroatoms. The lowest BCUT2D eigenvalue weighted by molar-refractivity contribution is -0.192. The highest BCUT2D eigenvalue weighted by Crippen LogP contribution is 2.41. The third kappa shape index (κ3) is 5.90. The molecule has 2 aliphatic rings. The van der Waals surface area contributed by atoms with E-state index in [0.717, 1.165) is 39.1 Å². The van der Waals surface area contributed by atoms with Crippen molar-refractivity contribution in [1.82, 2.24) is 9.21 Å². The van der Waals surface area contributed by atoms with Gasteiger partial charge in [-0.15, -0.1) is 0 Å². The molecule has 0 atom stereocenters. The molecular weight excluding hydrogens is 405 g/mol. The molecule has 2 saturated heterocycles. The number of carbonyl (C=O) groups is 1. The minimum atomic E-state index is -5.08. The summed E-state index contributed by atoms with van der Waals surface area (Å²) in [6.45, 7) is 6.53. The Morgan fingerprint density at radius 3 is 2.44 bits per heavy atom. The zero-order valence-corrected chi connectivity index (χ0v) is 16.5. The molecule has 3 heterocycles. The van der Waals surface area contributed by atoms with Crippen LogP contribution < -0.4 is 0 Å². The molecule has 2 fully saturated rings. The molecule has 0 saturated carbocycles. The van der Waals surface area contributed by atoms with Gasteiger partial charge in [-0.2, -0.15) is 24.5 Å². The molecule has 27 heavy (non-hydrogen) atoms. The number of thiophene rings is 1. The third-order valence-corrected chi connectivity index (χ3v) is 7.33. The molecule has 154 valence electrons. The van der Waals surface area contributed by atoms with Gasteiger partial charge in [0.25, 0.3) is 0 Å². The molecule has 2 aliphatic heterocycles. The van der Waals surface area contributed by atoms with Crippen molar-refractivity contribution in [3.8, 4) is 0 Å². The average molecular weight is 428 g/mol. The van der Waals surface area contributed by atoms with Gasteiger partial charge in [0.15, 0.2) is 0 Å². The Balaban J connectivity index is 0.000000321. The molecule has 0 aromatic carbocycles. The number of hydrogen-bond acceptors (Lipinski definition) is 5. The molecule has 0 amide bonds. The van der Waals surface area contributed by atoms with Gasteiger partial charge in [-0.05, 0) is 41.8 Å². The lowest BCUT2D eigenvalue weighted by Gasteiger charge is -2.47. The Labute approximate surface area is 160 Å². The minimum Gasteiger partial charge on any atom is -0.475 e. The van der Waals surface area contributed by atoms with Crippen molar-refractivity contribution in [2.75, 3.05) is 31.9 Å². The summed E-state index contributed by atoms with van der Waals surface area (Å²) >= 11 is 1.74. The zero-order valence-electron chi connectivity index (χ0n) is 14.9. The van der Waals surface area contributed by atoms with E-state index in [4.69, 9.17) is 9.90 Å². The second-order valence-corrected chi connectivity index (χ2v) is 9.85. The van der Waals surface area contributed by atoms with Gasteiger partial charge in [0, 0.05) is 31.6 Å². The van der Waals surface area contributed by atoms with Gasteiger partial charge in [0.2, 0.25) is 10.0 Å². The number of carboxylic acid groups (broad SMARTS) is 1. The van der Waals surface area contributed by atoms with E-state index in [1.807, 2.05) is 6.92 Å². The topological polar surface area (TPSA) is 77.9 Å². The molecule has 6 nitrogen and oxygen atoms in total. The van der Waals surface area contributed by atoms with Gasteiger partial charge < -0.3 is 5.11 Å². The Morgan fingerprint density at radius 2 is 1.96 bits per heavy atom. The Morgan fingerprint density at radius 1 is 1.33 bits per heavy atom. The average Bonchev–Trinajstić information content (AvgIpc) is 3.15. The van der Waals surface area contributed by atoms with Crippen LogP contribution in [0.15, 0.2) is 16.8 Å². The molecule has 1 N–H and O–H groups in total. The predicted octanol–water partition coefficient (Wildman–Crippen LogP) is 2.63. The molecule has 0 unspecified atom stereocenters. The van der Waals surface area contributed by atoms with Crippen molar-refractivity contribution in [2.45, 2.75) is 32.5 Å². The number of rotatable bonds is 5. The molecule has 3 rings (SSSR count). The molecular formula is C16H23F3N2O4S2. The highest BCUT2D eigenvalue weighted by atomic mass is 32.2. The van der Waals surface area contributed by atoms with Gasteiger partial charge in [-0.3, -0.25) is 4.90 Å². The molecule has 1 aromatic rings. The SMILES string of the molecule is CCCS(=O)(=O)N1CC2(CCN(Cc3ccsc3)C2)C1.O=C(O)C(F)(F)F. The van der Waals surface area contributed by atoms with Crippen molar-refractivity contribution in [3.05, 3.63) is 22.4 Å². The number of alkyl halides is 3. The summed E-state index contributed by atoms with van der Waals surface area (Å²) in [4.78, 5) is 11.4. The second-order valence-electron chi connectivity index (χ2n) is 6.98. The van der Waals surface area contributed by atoms with Gasteiger partial charge in [0.05, 0.1) is 5.75 Å². The minimum absolute atomic E-state index is 0.233. The van der Waals surface area contributed by atoms with Crippen molar-refractivity contribution in [3.63, 3.8) is 0 Å². The Kier molecular flexibility index (Phi) is 6.93. The third-order valence-electron chi connectivity index (χ3n) is 4.63. The van der Waals surface area contributed by atoms with Crippen molar-refractivity contribution in [1.29, 1.82) is 0 Å².